The van der Waals surface area contributed by atoms with Gasteiger partial charge in [-0.25, -0.2) is 0 Å². The topological polar surface area (TPSA) is 35.5 Å². The standard InChI is InChI=1S/C14H26N2O/c17-14-12-2-1-3-13(14)10-16(9-12)8-11-4-6-15-7-5-11/h11-15,17H,1-10H2. The van der Waals surface area contributed by atoms with Crippen molar-refractivity contribution in [2.45, 2.75) is 38.2 Å². The Morgan fingerprint density at radius 2 is 1.65 bits per heavy atom. The monoisotopic (exact) mass is 238 g/mol. The second kappa shape index (κ2) is 5.25. The van der Waals surface area contributed by atoms with Gasteiger partial charge in [-0.1, -0.05) is 6.42 Å². The zero-order chi connectivity index (χ0) is 11.7. The number of hydrogen-bond donors (Lipinski definition) is 2. The molecule has 0 aromatic carbocycles. The SMILES string of the molecule is OC1C2CCCC1CN(CC1CCNCC1)C2. The molecule has 2 atom stereocenters. The van der Waals surface area contributed by atoms with Crippen LogP contribution in [0.25, 0.3) is 0 Å². The van der Waals surface area contributed by atoms with Crippen LogP contribution >= 0.6 is 0 Å². The maximum absolute atomic E-state index is 10.2. The molecule has 3 heteroatoms. The van der Waals surface area contributed by atoms with E-state index in [-0.39, 0.29) is 6.10 Å². The van der Waals surface area contributed by atoms with Crippen molar-refractivity contribution in [3.63, 3.8) is 0 Å². The van der Waals surface area contributed by atoms with Gasteiger partial charge in [-0.15, -0.1) is 0 Å². The van der Waals surface area contributed by atoms with E-state index in [1.54, 1.807) is 0 Å². The molecule has 2 saturated heterocycles. The normalized spacial score (nSPS) is 40.4. The summed E-state index contributed by atoms with van der Waals surface area (Å²) in [5.41, 5.74) is 0. The Labute approximate surface area is 105 Å². The van der Waals surface area contributed by atoms with Gasteiger partial charge in [-0.2, -0.15) is 0 Å². The summed E-state index contributed by atoms with van der Waals surface area (Å²) >= 11 is 0. The van der Waals surface area contributed by atoms with E-state index in [0.29, 0.717) is 11.8 Å². The third kappa shape index (κ3) is 2.67. The van der Waals surface area contributed by atoms with E-state index < -0.39 is 0 Å². The third-order valence-corrected chi connectivity index (χ3v) is 5.08. The highest BCUT2D eigenvalue weighted by Crippen LogP contribution is 2.35. The highest BCUT2D eigenvalue weighted by atomic mass is 16.3. The summed E-state index contributed by atoms with van der Waals surface area (Å²) in [6.45, 7) is 5.99. The summed E-state index contributed by atoms with van der Waals surface area (Å²) < 4.78 is 0. The summed E-state index contributed by atoms with van der Waals surface area (Å²) in [5, 5.41) is 13.6. The van der Waals surface area contributed by atoms with Crippen molar-refractivity contribution < 1.29 is 5.11 Å². The van der Waals surface area contributed by atoms with Crippen LogP contribution in [-0.4, -0.2) is 48.8 Å². The van der Waals surface area contributed by atoms with Crippen LogP contribution < -0.4 is 5.32 Å². The van der Waals surface area contributed by atoms with Gasteiger partial charge in [-0.05, 0) is 56.5 Å². The average Bonchev–Trinajstić information content (AvgIpc) is 2.32. The van der Waals surface area contributed by atoms with Crippen molar-refractivity contribution in [1.82, 2.24) is 10.2 Å². The molecule has 1 aliphatic carbocycles. The molecule has 0 aromatic heterocycles. The molecular weight excluding hydrogens is 212 g/mol. The van der Waals surface area contributed by atoms with E-state index in [9.17, 15) is 5.11 Å². The second-order valence-corrected chi connectivity index (χ2v) is 6.35. The Bertz CT molecular complexity index is 239. The number of hydrogen-bond acceptors (Lipinski definition) is 3. The first kappa shape index (κ1) is 11.9. The Balaban J connectivity index is 1.54. The molecule has 98 valence electrons. The van der Waals surface area contributed by atoms with Gasteiger partial charge in [0.15, 0.2) is 0 Å². The molecule has 3 rings (SSSR count). The molecule has 1 saturated carbocycles. The van der Waals surface area contributed by atoms with Crippen LogP contribution in [0.15, 0.2) is 0 Å². The van der Waals surface area contributed by atoms with E-state index in [1.165, 1.54) is 51.7 Å². The van der Waals surface area contributed by atoms with Crippen molar-refractivity contribution in [3.8, 4) is 0 Å². The van der Waals surface area contributed by atoms with Crippen molar-refractivity contribution in [2.24, 2.45) is 17.8 Å². The summed E-state index contributed by atoms with van der Waals surface area (Å²) in [7, 11) is 0. The van der Waals surface area contributed by atoms with E-state index in [0.717, 1.165) is 19.0 Å². The van der Waals surface area contributed by atoms with Crippen LogP contribution in [0.5, 0.6) is 0 Å². The highest BCUT2D eigenvalue weighted by Gasteiger charge is 2.38. The highest BCUT2D eigenvalue weighted by molar-refractivity contribution is 4.91. The summed E-state index contributed by atoms with van der Waals surface area (Å²) in [4.78, 5) is 2.65. The zero-order valence-electron chi connectivity index (χ0n) is 10.8. The number of aliphatic hydroxyl groups excluding tert-OH is 1. The number of fused-ring (bicyclic) bond motifs is 2. The van der Waals surface area contributed by atoms with Gasteiger partial charge < -0.3 is 15.3 Å². The lowest BCUT2D eigenvalue weighted by molar-refractivity contribution is -0.0536. The van der Waals surface area contributed by atoms with Crippen LogP contribution in [0.2, 0.25) is 0 Å². The Hall–Kier alpha value is -0.120. The molecule has 2 unspecified atom stereocenters. The lowest BCUT2D eigenvalue weighted by Gasteiger charge is -2.46. The summed E-state index contributed by atoms with van der Waals surface area (Å²) in [5.74, 6) is 2.04. The van der Waals surface area contributed by atoms with Crippen molar-refractivity contribution in [3.05, 3.63) is 0 Å². The summed E-state index contributed by atoms with van der Waals surface area (Å²) in [6, 6.07) is 0. The fourth-order valence-corrected chi connectivity index (χ4v) is 4.08. The maximum atomic E-state index is 10.2. The molecule has 0 amide bonds. The molecule has 2 aliphatic heterocycles. The first-order chi connectivity index (χ1) is 8.33. The van der Waals surface area contributed by atoms with Gasteiger partial charge in [0.25, 0.3) is 0 Å². The molecule has 17 heavy (non-hydrogen) atoms. The molecule has 3 fully saturated rings. The van der Waals surface area contributed by atoms with Crippen molar-refractivity contribution in [1.29, 1.82) is 0 Å². The first-order valence-electron chi connectivity index (χ1n) is 7.44. The number of nitrogens with zero attached hydrogens (tertiary/aromatic N) is 1. The molecule has 2 N–H and O–H groups in total. The number of nitrogens with one attached hydrogen (secondary N) is 1. The second-order valence-electron chi connectivity index (χ2n) is 6.35. The van der Waals surface area contributed by atoms with Crippen LogP contribution in [0, 0.1) is 17.8 Å². The van der Waals surface area contributed by atoms with Crippen molar-refractivity contribution in [2.75, 3.05) is 32.7 Å². The minimum absolute atomic E-state index is 0.00743. The molecule has 3 nitrogen and oxygen atoms in total. The molecule has 2 bridgehead atoms. The zero-order valence-corrected chi connectivity index (χ0v) is 10.8. The average molecular weight is 238 g/mol. The first-order valence-corrected chi connectivity index (χ1v) is 7.44. The summed E-state index contributed by atoms with van der Waals surface area (Å²) in [6.07, 6.45) is 6.53. The number of rotatable bonds is 2. The van der Waals surface area contributed by atoms with E-state index in [1.807, 2.05) is 0 Å². The van der Waals surface area contributed by atoms with Gasteiger partial charge in [0.05, 0.1) is 6.10 Å². The molecule has 0 radical (unpaired) electrons. The van der Waals surface area contributed by atoms with E-state index >= 15 is 0 Å². The van der Waals surface area contributed by atoms with Crippen LogP contribution in [0.1, 0.15) is 32.1 Å². The fourth-order valence-electron chi connectivity index (χ4n) is 4.08. The lowest BCUT2D eigenvalue weighted by atomic mass is 9.75. The molecule has 0 spiro atoms. The van der Waals surface area contributed by atoms with Crippen LogP contribution in [0.3, 0.4) is 0 Å². The van der Waals surface area contributed by atoms with Gasteiger partial charge in [0, 0.05) is 19.6 Å². The maximum Gasteiger partial charge on any atom is 0.0620 e. The van der Waals surface area contributed by atoms with Gasteiger partial charge in [-0.3, -0.25) is 0 Å². The van der Waals surface area contributed by atoms with Crippen LogP contribution in [0.4, 0.5) is 0 Å². The Kier molecular flexibility index (Phi) is 3.69. The van der Waals surface area contributed by atoms with Crippen molar-refractivity contribution >= 4 is 0 Å². The van der Waals surface area contributed by atoms with E-state index in [2.05, 4.69) is 10.2 Å². The van der Waals surface area contributed by atoms with Gasteiger partial charge in [0.1, 0.15) is 0 Å². The third-order valence-electron chi connectivity index (χ3n) is 5.08. The molecule has 0 aromatic rings. The lowest BCUT2D eigenvalue weighted by Crippen LogP contribution is -2.52. The van der Waals surface area contributed by atoms with Gasteiger partial charge in [0.2, 0.25) is 0 Å². The van der Waals surface area contributed by atoms with E-state index in [4.69, 9.17) is 0 Å². The van der Waals surface area contributed by atoms with Crippen LogP contribution in [-0.2, 0) is 0 Å². The predicted octanol–water partition coefficient (Wildman–Crippen LogP) is 1.08. The largest absolute Gasteiger partial charge is 0.392 e. The smallest absolute Gasteiger partial charge is 0.0620 e. The Morgan fingerprint density at radius 1 is 1.00 bits per heavy atom. The molecule has 2 heterocycles. The quantitative estimate of drug-likeness (QED) is 0.755. The minimum Gasteiger partial charge on any atom is -0.392 e. The fraction of sp³-hybridized carbons (Fsp3) is 1.00. The Morgan fingerprint density at radius 3 is 2.29 bits per heavy atom. The molecular formula is C14H26N2O. The molecule has 3 aliphatic rings. The van der Waals surface area contributed by atoms with Gasteiger partial charge >= 0.3 is 0 Å². The minimum atomic E-state index is 0.00743. The number of piperidine rings is 2. The predicted molar refractivity (Wildman–Crippen MR) is 68.9 cm³/mol. The number of aliphatic hydroxyl groups is 1. The number of likely N-dealkylation sites (tertiary alicyclic amines) is 1.